The first kappa shape index (κ1) is 10.1. The van der Waals surface area contributed by atoms with E-state index in [1.54, 1.807) is 0 Å². The summed E-state index contributed by atoms with van der Waals surface area (Å²) in [6, 6.07) is 8.01. The largest absolute Gasteiger partial charge is 0.364 e. The number of hydrogen-bond donors (Lipinski definition) is 0. The van der Waals surface area contributed by atoms with Gasteiger partial charge in [0.2, 0.25) is 0 Å². The van der Waals surface area contributed by atoms with Gasteiger partial charge in [-0.25, -0.2) is 8.42 Å². The normalized spacial score (nSPS) is 42.7. The highest BCUT2D eigenvalue weighted by Gasteiger charge is 2.73. The van der Waals surface area contributed by atoms with E-state index in [1.807, 2.05) is 32.0 Å². The zero-order valence-corrected chi connectivity index (χ0v) is 10.6. The van der Waals surface area contributed by atoms with Crippen molar-refractivity contribution >= 4 is 9.84 Å². The third-order valence-electron chi connectivity index (χ3n) is 4.78. The zero-order valence-electron chi connectivity index (χ0n) is 9.75. The van der Waals surface area contributed by atoms with E-state index in [9.17, 15) is 8.42 Å². The molecule has 1 aromatic carbocycles. The highest BCUT2D eigenvalue weighted by Crippen LogP contribution is 2.67. The maximum atomic E-state index is 12.3. The van der Waals surface area contributed by atoms with Gasteiger partial charge in [-0.2, -0.15) is 0 Å². The van der Waals surface area contributed by atoms with Gasteiger partial charge >= 0.3 is 0 Å². The van der Waals surface area contributed by atoms with Crippen molar-refractivity contribution in [2.75, 3.05) is 0 Å². The molecule has 0 amide bonds. The predicted molar refractivity (Wildman–Crippen MR) is 63.3 cm³/mol. The molecule has 0 unspecified atom stereocenters. The Morgan fingerprint density at radius 1 is 1.12 bits per heavy atom. The van der Waals surface area contributed by atoms with Gasteiger partial charge in [-0.3, -0.25) is 0 Å². The minimum absolute atomic E-state index is 0.0141. The van der Waals surface area contributed by atoms with Gasteiger partial charge in [-0.1, -0.05) is 24.3 Å². The number of hydrogen-bond acceptors (Lipinski definition) is 3. The Kier molecular flexibility index (Phi) is 1.54. The summed E-state index contributed by atoms with van der Waals surface area (Å²) in [5.41, 5.74) is 2.28. The monoisotopic (exact) mass is 250 g/mol. The Hall–Kier alpha value is -0.870. The summed E-state index contributed by atoms with van der Waals surface area (Å²) >= 11 is 0. The first-order valence-corrected chi connectivity index (χ1v) is 7.48. The fourth-order valence-electron chi connectivity index (χ4n) is 3.81. The van der Waals surface area contributed by atoms with Crippen molar-refractivity contribution in [3.8, 4) is 0 Å². The van der Waals surface area contributed by atoms with Crippen molar-refractivity contribution in [2.24, 2.45) is 5.92 Å². The number of ether oxygens (including phenoxy) is 1. The summed E-state index contributed by atoms with van der Waals surface area (Å²) in [6.45, 7) is 3.66. The minimum atomic E-state index is -3.04. The number of sulfone groups is 1. The topological polar surface area (TPSA) is 43.4 Å². The molecule has 3 nitrogen and oxygen atoms in total. The van der Waals surface area contributed by atoms with E-state index in [4.69, 9.17) is 4.74 Å². The van der Waals surface area contributed by atoms with Gasteiger partial charge in [0.1, 0.15) is 6.10 Å². The molecular formula is C13H14O3S. The molecule has 4 atom stereocenters. The molecule has 3 aliphatic heterocycles. The molecule has 0 saturated carbocycles. The van der Waals surface area contributed by atoms with Gasteiger partial charge in [0, 0.05) is 5.92 Å². The van der Waals surface area contributed by atoms with Crippen LogP contribution < -0.4 is 0 Å². The molecule has 0 radical (unpaired) electrons. The van der Waals surface area contributed by atoms with Crippen LogP contribution in [0.1, 0.15) is 37.2 Å². The average Bonchev–Trinajstić information content (AvgIpc) is 2.84. The fourth-order valence-corrected chi connectivity index (χ4v) is 6.34. The maximum Gasteiger partial charge on any atom is 0.162 e. The molecule has 17 heavy (non-hydrogen) atoms. The quantitative estimate of drug-likeness (QED) is 0.707. The lowest BCUT2D eigenvalue weighted by molar-refractivity contribution is 0.0582. The van der Waals surface area contributed by atoms with E-state index < -0.39 is 14.6 Å². The minimum Gasteiger partial charge on any atom is -0.364 e. The van der Waals surface area contributed by atoms with Crippen molar-refractivity contribution in [1.29, 1.82) is 0 Å². The Labute approximate surface area is 101 Å². The van der Waals surface area contributed by atoms with Gasteiger partial charge < -0.3 is 4.74 Å². The molecule has 4 heteroatoms. The maximum absolute atomic E-state index is 12.3. The van der Waals surface area contributed by atoms with Crippen molar-refractivity contribution in [1.82, 2.24) is 0 Å². The Morgan fingerprint density at radius 2 is 1.71 bits per heavy atom. The van der Waals surface area contributed by atoms with E-state index in [1.165, 1.54) is 5.56 Å². The lowest BCUT2D eigenvalue weighted by Gasteiger charge is -2.50. The first-order chi connectivity index (χ1) is 7.96. The first-order valence-electron chi connectivity index (χ1n) is 5.94. The van der Waals surface area contributed by atoms with Crippen molar-refractivity contribution in [2.45, 2.75) is 36.1 Å². The average molecular weight is 250 g/mol. The lowest BCUT2D eigenvalue weighted by atomic mass is 9.76. The molecule has 1 aromatic rings. The number of benzene rings is 1. The van der Waals surface area contributed by atoms with Crippen LogP contribution in [0.3, 0.4) is 0 Å². The lowest BCUT2D eigenvalue weighted by Crippen LogP contribution is -2.63. The number of fused-ring (bicyclic) bond motifs is 8. The SMILES string of the molecule is CC1(C)[C@@H]2[C@H]([C@H]3O[C@H]2c2ccccc23)S1(=O)=O. The molecule has 0 N–H and O–H groups in total. The van der Waals surface area contributed by atoms with Crippen LogP contribution >= 0.6 is 0 Å². The molecule has 0 aromatic heterocycles. The smallest absolute Gasteiger partial charge is 0.162 e. The van der Waals surface area contributed by atoms with E-state index in [0.717, 1.165) is 5.56 Å². The van der Waals surface area contributed by atoms with Gasteiger partial charge in [0.05, 0.1) is 16.1 Å². The molecule has 2 fully saturated rings. The van der Waals surface area contributed by atoms with Gasteiger partial charge in [0.25, 0.3) is 0 Å². The van der Waals surface area contributed by atoms with Crippen molar-refractivity contribution in [3.05, 3.63) is 35.4 Å². The molecule has 2 saturated heterocycles. The van der Waals surface area contributed by atoms with Gasteiger partial charge in [-0.05, 0) is 25.0 Å². The molecule has 2 bridgehead atoms. The summed E-state index contributed by atoms with van der Waals surface area (Å²) in [5.74, 6) is 0.132. The summed E-state index contributed by atoms with van der Waals surface area (Å²) < 4.78 is 29.8. The Balaban J connectivity index is 1.94. The standard InChI is InChI=1S/C13H14O3S/c1-13(2)9-10-7-5-3-4-6-8(7)11(16-10)12(9)17(13,14)15/h3-6,9-12H,1-2H3/t9-,10-,11-,12+/m0/s1. The summed E-state index contributed by atoms with van der Waals surface area (Å²) in [6.07, 6.45) is -0.237. The molecular weight excluding hydrogens is 236 g/mol. The third kappa shape index (κ3) is 0.858. The van der Waals surface area contributed by atoms with Crippen LogP contribution in [0.25, 0.3) is 0 Å². The van der Waals surface area contributed by atoms with Crippen LogP contribution in [0.15, 0.2) is 24.3 Å². The Morgan fingerprint density at radius 3 is 2.35 bits per heavy atom. The molecule has 90 valence electrons. The van der Waals surface area contributed by atoms with Crippen LogP contribution in [0.2, 0.25) is 0 Å². The van der Waals surface area contributed by atoms with E-state index >= 15 is 0 Å². The fraction of sp³-hybridized carbons (Fsp3) is 0.538. The summed E-state index contributed by atoms with van der Waals surface area (Å²) in [7, 11) is -3.04. The molecule has 4 rings (SSSR count). The summed E-state index contributed by atoms with van der Waals surface area (Å²) in [4.78, 5) is 0. The van der Waals surface area contributed by atoms with Gasteiger partial charge in [-0.15, -0.1) is 0 Å². The van der Waals surface area contributed by atoms with Crippen LogP contribution in [0.4, 0.5) is 0 Å². The van der Waals surface area contributed by atoms with Crippen LogP contribution in [0, 0.1) is 5.92 Å². The second-order valence-electron chi connectivity index (χ2n) is 5.75. The molecule has 0 spiro atoms. The van der Waals surface area contributed by atoms with Gasteiger partial charge in [0.15, 0.2) is 9.84 Å². The van der Waals surface area contributed by atoms with Crippen LogP contribution in [-0.4, -0.2) is 18.4 Å². The Bertz CT molecular complexity index is 617. The zero-order chi connectivity index (χ0) is 12.0. The van der Waals surface area contributed by atoms with Crippen LogP contribution in [0.5, 0.6) is 0 Å². The van der Waals surface area contributed by atoms with E-state index in [2.05, 4.69) is 6.07 Å². The molecule has 3 heterocycles. The van der Waals surface area contributed by atoms with E-state index in [0.29, 0.717) is 0 Å². The highest BCUT2D eigenvalue weighted by molar-refractivity contribution is 7.95. The second kappa shape index (κ2) is 2.59. The molecule has 0 aliphatic carbocycles. The third-order valence-corrected chi connectivity index (χ3v) is 7.77. The number of rotatable bonds is 0. The van der Waals surface area contributed by atoms with Crippen LogP contribution in [-0.2, 0) is 14.6 Å². The second-order valence-corrected chi connectivity index (χ2v) is 8.43. The predicted octanol–water partition coefficient (Wildman–Crippen LogP) is 2.00. The molecule has 3 aliphatic rings. The van der Waals surface area contributed by atoms with E-state index in [-0.39, 0.29) is 23.4 Å². The van der Waals surface area contributed by atoms with Crippen molar-refractivity contribution < 1.29 is 13.2 Å². The highest BCUT2D eigenvalue weighted by atomic mass is 32.2. The van der Waals surface area contributed by atoms with Crippen molar-refractivity contribution in [3.63, 3.8) is 0 Å². The summed E-state index contributed by atoms with van der Waals surface area (Å²) in [5, 5.41) is -0.308.